The monoisotopic (exact) mass is 350 g/mol. The lowest BCUT2D eigenvalue weighted by Gasteiger charge is -2.32. The van der Waals surface area contributed by atoms with E-state index in [4.69, 9.17) is 23.5 Å². The van der Waals surface area contributed by atoms with Crippen molar-refractivity contribution in [2.45, 2.75) is 45.8 Å². The molecule has 138 valence electrons. The molecule has 0 N–H and O–H groups in total. The molecule has 0 aromatic heterocycles. The molecule has 0 saturated carbocycles. The van der Waals surface area contributed by atoms with E-state index in [0.717, 1.165) is 5.46 Å². The lowest BCUT2D eigenvalue weighted by Crippen LogP contribution is -2.41. The highest BCUT2D eigenvalue weighted by Gasteiger charge is 2.51. The molecule has 6 nitrogen and oxygen atoms in total. The van der Waals surface area contributed by atoms with Crippen LogP contribution in [0, 0.1) is 0 Å². The molecule has 1 aliphatic heterocycles. The Balaban J connectivity index is 2.24. The Morgan fingerprint density at radius 3 is 2.32 bits per heavy atom. The van der Waals surface area contributed by atoms with Gasteiger partial charge in [0.15, 0.2) is 0 Å². The highest BCUT2D eigenvalue weighted by molar-refractivity contribution is 6.62. The smallest absolute Gasteiger partial charge is 0.490 e. The van der Waals surface area contributed by atoms with Gasteiger partial charge in [0.2, 0.25) is 0 Å². The van der Waals surface area contributed by atoms with E-state index in [1.165, 1.54) is 7.11 Å². The molecular formula is C18H27BO6. The van der Waals surface area contributed by atoms with Crippen molar-refractivity contribution in [3.8, 4) is 5.75 Å². The van der Waals surface area contributed by atoms with Crippen LogP contribution in [-0.4, -0.2) is 51.2 Å². The van der Waals surface area contributed by atoms with Crippen molar-refractivity contribution in [1.82, 2.24) is 0 Å². The molecule has 1 fully saturated rings. The van der Waals surface area contributed by atoms with E-state index in [-0.39, 0.29) is 0 Å². The molecule has 7 heteroatoms. The highest BCUT2D eigenvalue weighted by atomic mass is 16.7. The molecule has 0 amide bonds. The zero-order chi connectivity index (χ0) is 18.7. The van der Waals surface area contributed by atoms with Gasteiger partial charge >= 0.3 is 13.1 Å². The summed E-state index contributed by atoms with van der Waals surface area (Å²) in [5.74, 6) is -0.0226. The summed E-state index contributed by atoms with van der Waals surface area (Å²) in [4.78, 5) is 12.0. The van der Waals surface area contributed by atoms with Crippen molar-refractivity contribution in [2.24, 2.45) is 0 Å². The minimum absolute atomic E-state index is 0.338. The fraction of sp³-hybridized carbons (Fsp3) is 0.611. The van der Waals surface area contributed by atoms with Gasteiger partial charge in [-0.05, 0) is 52.2 Å². The summed E-state index contributed by atoms with van der Waals surface area (Å²) < 4.78 is 27.9. The number of esters is 1. The van der Waals surface area contributed by atoms with Crippen LogP contribution < -0.4 is 10.2 Å². The molecule has 2 rings (SSSR count). The Morgan fingerprint density at radius 2 is 1.76 bits per heavy atom. The first-order chi connectivity index (χ1) is 11.7. The Labute approximate surface area is 149 Å². The normalized spacial score (nSPS) is 18.2. The van der Waals surface area contributed by atoms with Crippen molar-refractivity contribution < 1.29 is 28.3 Å². The number of carbonyl (C=O) groups excluding carboxylic acids is 1. The van der Waals surface area contributed by atoms with Gasteiger partial charge in [0, 0.05) is 6.61 Å². The van der Waals surface area contributed by atoms with E-state index >= 15 is 0 Å². The quantitative estimate of drug-likeness (QED) is 0.427. The predicted octanol–water partition coefficient (Wildman–Crippen LogP) is 2.19. The molecule has 0 unspecified atom stereocenters. The van der Waals surface area contributed by atoms with Crippen molar-refractivity contribution in [1.29, 1.82) is 0 Å². The number of carbonyl (C=O) groups is 1. The van der Waals surface area contributed by atoms with Crippen LogP contribution in [0.25, 0.3) is 0 Å². The molecular weight excluding hydrogens is 323 g/mol. The van der Waals surface area contributed by atoms with Crippen LogP contribution in [0.4, 0.5) is 0 Å². The van der Waals surface area contributed by atoms with Gasteiger partial charge in [0.1, 0.15) is 17.9 Å². The van der Waals surface area contributed by atoms with Crippen LogP contribution in [0.1, 0.15) is 45.0 Å². The standard InChI is InChI=1S/C18H27BO6/c1-7-22-10-11-23-15-12-13(8-9-14(15)16(20)21-6)19-24-17(2,3)18(4,5)25-19/h8-9,12H,7,10-11H2,1-6H3. The van der Waals surface area contributed by atoms with Gasteiger partial charge in [-0.25, -0.2) is 4.79 Å². The van der Waals surface area contributed by atoms with E-state index in [1.807, 2.05) is 34.6 Å². The summed E-state index contributed by atoms with van der Waals surface area (Å²) in [6.45, 7) is 11.3. The maximum Gasteiger partial charge on any atom is 0.494 e. The topological polar surface area (TPSA) is 63.2 Å². The fourth-order valence-electron chi connectivity index (χ4n) is 2.42. The number of benzene rings is 1. The van der Waals surface area contributed by atoms with Gasteiger partial charge in [-0.15, -0.1) is 0 Å². The van der Waals surface area contributed by atoms with Gasteiger partial charge in [-0.1, -0.05) is 6.07 Å². The molecule has 1 aromatic carbocycles. The average Bonchev–Trinajstić information content (AvgIpc) is 2.78. The van der Waals surface area contributed by atoms with Crippen molar-refractivity contribution >= 4 is 18.6 Å². The van der Waals surface area contributed by atoms with Crippen LogP contribution in [0.2, 0.25) is 0 Å². The Kier molecular flexibility index (Phi) is 6.14. The second kappa shape index (κ2) is 7.76. The van der Waals surface area contributed by atoms with Gasteiger partial charge in [-0.3, -0.25) is 0 Å². The van der Waals surface area contributed by atoms with E-state index in [9.17, 15) is 4.79 Å². The van der Waals surface area contributed by atoms with Crippen LogP contribution >= 0.6 is 0 Å². The van der Waals surface area contributed by atoms with Crippen LogP contribution in [0.15, 0.2) is 18.2 Å². The third-order valence-electron chi connectivity index (χ3n) is 4.63. The van der Waals surface area contributed by atoms with Gasteiger partial charge in [0.25, 0.3) is 0 Å². The van der Waals surface area contributed by atoms with E-state index in [2.05, 4.69) is 0 Å². The second-order valence-electron chi connectivity index (χ2n) is 6.88. The SMILES string of the molecule is CCOCCOc1cc(B2OC(C)(C)C(C)(C)O2)ccc1C(=O)OC. The number of methoxy groups -OCH3 is 1. The second-order valence-corrected chi connectivity index (χ2v) is 6.88. The third kappa shape index (κ3) is 4.34. The molecule has 0 spiro atoms. The Morgan fingerprint density at radius 1 is 1.12 bits per heavy atom. The van der Waals surface area contributed by atoms with Gasteiger partial charge < -0.3 is 23.5 Å². The summed E-state index contributed by atoms with van der Waals surface area (Å²) in [6, 6.07) is 5.23. The van der Waals surface area contributed by atoms with Crippen LogP contribution in [0.3, 0.4) is 0 Å². The average molecular weight is 350 g/mol. The summed E-state index contributed by atoms with van der Waals surface area (Å²) in [6.07, 6.45) is 0. The van der Waals surface area contributed by atoms with Crippen molar-refractivity contribution in [2.75, 3.05) is 26.9 Å². The summed E-state index contributed by atoms with van der Waals surface area (Å²) in [7, 11) is 0.819. The molecule has 0 aliphatic carbocycles. The molecule has 0 atom stereocenters. The summed E-state index contributed by atoms with van der Waals surface area (Å²) >= 11 is 0. The van der Waals surface area contributed by atoms with E-state index < -0.39 is 24.3 Å². The van der Waals surface area contributed by atoms with Gasteiger partial charge in [0.05, 0.1) is 24.9 Å². The van der Waals surface area contributed by atoms with Crippen LogP contribution in [0.5, 0.6) is 5.75 Å². The predicted molar refractivity (Wildman–Crippen MR) is 95.5 cm³/mol. The maximum atomic E-state index is 12.0. The molecule has 0 bridgehead atoms. The number of ether oxygens (including phenoxy) is 3. The number of hydrogen-bond donors (Lipinski definition) is 0. The molecule has 0 radical (unpaired) electrons. The van der Waals surface area contributed by atoms with E-state index in [1.54, 1.807) is 18.2 Å². The van der Waals surface area contributed by atoms with Crippen molar-refractivity contribution in [3.05, 3.63) is 23.8 Å². The van der Waals surface area contributed by atoms with Gasteiger partial charge in [-0.2, -0.15) is 0 Å². The largest absolute Gasteiger partial charge is 0.494 e. The number of hydrogen-bond acceptors (Lipinski definition) is 6. The third-order valence-corrected chi connectivity index (χ3v) is 4.63. The van der Waals surface area contributed by atoms with Crippen molar-refractivity contribution in [3.63, 3.8) is 0 Å². The first-order valence-corrected chi connectivity index (χ1v) is 8.50. The summed E-state index contributed by atoms with van der Waals surface area (Å²) in [5.41, 5.74) is 0.278. The highest BCUT2D eigenvalue weighted by Crippen LogP contribution is 2.36. The molecule has 1 saturated heterocycles. The Bertz CT molecular complexity index is 598. The lowest BCUT2D eigenvalue weighted by molar-refractivity contribution is 0.00578. The van der Waals surface area contributed by atoms with Crippen LogP contribution in [-0.2, 0) is 18.8 Å². The van der Waals surface area contributed by atoms with E-state index in [0.29, 0.717) is 31.1 Å². The molecule has 1 aromatic rings. The summed E-state index contributed by atoms with van der Waals surface area (Å²) in [5, 5.41) is 0. The Hall–Kier alpha value is -1.57. The maximum absolute atomic E-state index is 12.0. The first kappa shape index (κ1) is 19.8. The fourth-order valence-corrected chi connectivity index (χ4v) is 2.42. The molecule has 1 heterocycles. The first-order valence-electron chi connectivity index (χ1n) is 8.50. The minimum atomic E-state index is -0.522. The molecule has 1 aliphatic rings. The minimum Gasteiger partial charge on any atom is -0.490 e. The molecule has 25 heavy (non-hydrogen) atoms. The zero-order valence-corrected chi connectivity index (χ0v) is 15.9. The number of rotatable bonds is 7. The zero-order valence-electron chi connectivity index (χ0n) is 15.9. The lowest BCUT2D eigenvalue weighted by atomic mass is 9.78.